The largest absolute Gasteiger partial charge is 0.497 e. The van der Waals surface area contributed by atoms with Crippen molar-refractivity contribution in [3.05, 3.63) is 41.7 Å². The second kappa shape index (κ2) is 6.57. The normalized spacial score (nSPS) is 12.4. The molecule has 1 heterocycles. The topological polar surface area (TPSA) is 39.1 Å². The van der Waals surface area contributed by atoms with Crippen molar-refractivity contribution < 1.29 is 4.74 Å². The van der Waals surface area contributed by atoms with Gasteiger partial charge in [0.05, 0.1) is 19.0 Å². The molecule has 2 aromatic rings. The van der Waals surface area contributed by atoms with Crippen molar-refractivity contribution in [2.24, 2.45) is 0 Å². The lowest BCUT2D eigenvalue weighted by Crippen LogP contribution is -2.19. The number of rotatable bonds is 6. The molecule has 4 heteroatoms. The molecule has 1 N–H and O–H groups in total. The second-order valence-electron chi connectivity index (χ2n) is 4.97. The zero-order chi connectivity index (χ0) is 14.5. The highest BCUT2D eigenvalue weighted by Crippen LogP contribution is 2.22. The molecule has 0 spiro atoms. The van der Waals surface area contributed by atoms with Crippen molar-refractivity contribution in [1.82, 2.24) is 15.1 Å². The summed E-state index contributed by atoms with van der Waals surface area (Å²) in [5, 5.41) is 8.01. The van der Waals surface area contributed by atoms with Gasteiger partial charge >= 0.3 is 0 Å². The fourth-order valence-corrected chi connectivity index (χ4v) is 2.32. The monoisotopic (exact) mass is 273 g/mol. The Labute approximate surface area is 120 Å². The minimum atomic E-state index is 0.314. The Hall–Kier alpha value is -1.81. The fraction of sp³-hybridized carbons (Fsp3) is 0.438. The van der Waals surface area contributed by atoms with Crippen molar-refractivity contribution in [3.63, 3.8) is 0 Å². The van der Waals surface area contributed by atoms with Crippen molar-refractivity contribution in [2.75, 3.05) is 13.7 Å². The van der Waals surface area contributed by atoms with E-state index in [4.69, 9.17) is 4.74 Å². The maximum atomic E-state index is 5.27. The van der Waals surface area contributed by atoms with Gasteiger partial charge in [-0.3, -0.25) is 0 Å². The summed E-state index contributed by atoms with van der Waals surface area (Å²) in [6.07, 6.45) is 3.08. The van der Waals surface area contributed by atoms with Crippen LogP contribution in [0.15, 0.2) is 30.5 Å². The van der Waals surface area contributed by atoms with Gasteiger partial charge in [-0.05, 0) is 38.9 Å². The van der Waals surface area contributed by atoms with E-state index in [2.05, 4.69) is 31.2 Å². The van der Waals surface area contributed by atoms with Crippen LogP contribution in [0.3, 0.4) is 0 Å². The number of hydrogen-bond donors (Lipinski definition) is 1. The Balaban J connectivity index is 2.27. The van der Waals surface area contributed by atoms with Gasteiger partial charge in [-0.15, -0.1) is 0 Å². The van der Waals surface area contributed by atoms with E-state index in [9.17, 15) is 0 Å². The molecule has 0 fully saturated rings. The number of nitrogens with zero attached hydrogens (tertiary/aromatic N) is 2. The first-order valence-corrected chi connectivity index (χ1v) is 7.09. The molecule has 0 aliphatic rings. The SMILES string of the molecule is CCCNC(C)c1cnn(-c2cccc(OC)c2)c1C. The number of methoxy groups -OCH3 is 1. The third kappa shape index (κ3) is 3.02. The molecule has 4 nitrogen and oxygen atoms in total. The first-order chi connectivity index (χ1) is 9.67. The lowest BCUT2D eigenvalue weighted by Gasteiger charge is -2.13. The van der Waals surface area contributed by atoms with Crippen LogP contribution in [0.5, 0.6) is 5.75 Å². The summed E-state index contributed by atoms with van der Waals surface area (Å²) in [5.74, 6) is 0.844. The van der Waals surface area contributed by atoms with Crippen LogP contribution < -0.4 is 10.1 Å². The van der Waals surface area contributed by atoms with Crippen LogP contribution in [-0.4, -0.2) is 23.4 Å². The molecular formula is C16H23N3O. The van der Waals surface area contributed by atoms with Crippen LogP contribution in [0.4, 0.5) is 0 Å². The van der Waals surface area contributed by atoms with Gasteiger partial charge in [0.1, 0.15) is 5.75 Å². The predicted molar refractivity (Wildman–Crippen MR) is 81.6 cm³/mol. The van der Waals surface area contributed by atoms with Crippen molar-refractivity contribution in [2.45, 2.75) is 33.2 Å². The van der Waals surface area contributed by atoms with Crippen LogP contribution in [-0.2, 0) is 0 Å². The molecule has 0 radical (unpaired) electrons. The van der Waals surface area contributed by atoms with Crippen molar-refractivity contribution >= 4 is 0 Å². The minimum absolute atomic E-state index is 0.314. The molecule has 108 valence electrons. The summed E-state index contributed by atoms with van der Waals surface area (Å²) in [4.78, 5) is 0. The third-order valence-electron chi connectivity index (χ3n) is 3.51. The molecule has 1 aromatic carbocycles. The minimum Gasteiger partial charge on any atom is -0.497 e. The second-order valence-corrected chi connectivity index (χ2v) is 4.97. The van der Waals surface area contributed by atoms with Crippen LogP contribution in [0.25, 0.3) is 5.69 Å². The fourth-order valence-electron chi connectivity index (χ4n) is 2.32. The van der Waals surface area contributed by atoms with Crippen LogP contribution in [0, 0.1) is 6.92 Å². The lowest BCUT2D eigenvalue weighted by molar-refractivity contribution is 0.414. The van der Waals surface area contributed by atoms with Gasteiger partial charge < -0.3 is 10.1 Å². The average molecular weight is 273 g/mol. The molecule has 0 saturated carbocycles. The lowest BCUT2D eigenvalue weighted by atomic mass is 10.1. The molecule has 1 unspecified atom stereocenters. The number of aromatic nitrogens is 2. The molecule has 0 amide bonds. The zero-order valence-corrected chi connectivity index (χ0v) is 12.7. The molecule has 0 bridgehead atoms. The summed E-state index contributed by atoms with van der Waals surface area (Å²) in [6, 6.07) is 8.27. The smallest absolute Gasteiger partial charge is 0.121 e. The van der Waals surface area contributed by atoms with E-state index in [-0.39, 0.29) is 0 Å². The van der Waals surface area contributed by atoms with Crippen molar-refractivity contribution in [1.29, 1.82) is 0 Å². The Morgan fingerprint density at radius 3 is 2.90 bits per heavy atom. The van der Waals surface area contributed by atoms with E-state index >= 15 is 0 Å². The average Bonchev–Trinajstić information content (AvgIpc) is 2.86. The van der Waals surface area contributed by atoms with E-state index in [1.807, 2.05) is 35.1 Å². The highest BCUT2D eigenvalue weighted by atomic mass is 16.5. The molecule has 0 aliphatic heterocycles. The molecule has 20 heavy (non-hydrogen) atoms. The third-order valence-corrected chi connectivity index (χ3v) is 3.51. The van der Waals surface area contributed by atoms with E-state index < -0.39 is 0 Å². The van der Waals surface area contributed by atoms with Gasteiger partial charge in [-0.2, -0.15) is 5.10 Å². The van der Waals surface area contributed by atoms with E-state index in [0.29, 0.717) is 6.04 Å². The summed E-state index contributed by atoms with van der Waals surface area (Å²) in [7, 11) is 1.68. The number of ether oxygens (including phenoxy) is 1. The van der Waals surface area contributed by atoms with Gasteiger partial charge in [-0.25, -0.2) is 4.68 Å². The maximum absolute atomic E-state index is 5.27. The molecule has 1 aromatic heterocycles. The molecular weight excluding hydrogens is 250 g/mol. The maximum Gasteiger partial charge on any atom is 0.121 e. The highest BCUT2D eigenvalue weighted by Gasteiger charge is 2.13. The molecule has 0 saturated heterocycles. The van der Waals surface area contributed by atoms with Crippen molar-refractivity contribution in [3.8, 4) is 11.4 Å². The Morgan fingerprint density at radius 1 is 1.40 bits per heavy atom. The predicted octanol–water partition coefficient (Wildman–Crippen LogP) is 3.25. The van der Waals surface area contributed by atoms with Crippen LogP contribution in [0.1, 0.15) is 37.6 Å². The van der Waals surface area contributed by atoms with Gasteiger partial charge in [0.2, 0.25) is 0 Å². The van der Waals surface area contributed by atoms with Crippen LogP contribution >= 0.6 is 0 Å². The van der Waals surface area contributed by atoms with E-state index in [1.165, 1.54) is 5.56 Å². The number of benzene rings is 1. The summed E-state index contributed by atoms with van der Waals surface area (Å²) >= 11 is 0. The van der Waals surface area contributed by atoms with Crippen LogP contribution in [0.2, 0.25) is 0 Å². The first kappa shape index (κ1) is 14.6. The highest BCUT2D eigenvalue weighted by molar-refractivity contribution is 5.41. The molecule has 2 rings (SSSR count). The first-order valence-electron chi connectivity index (χ1n) is 7.09. The van der Waals surface area contributed by atoms with E-state index in [1.54, 1.807) is 7.11 Å². The van der Waals surface area contributed by atoms with Gasteiger partial charge in [-0.1, -0.05) is 13.0 Å². The quantitative estimate of drug-likeness (QED) is 0.878. The Morgan fingerprint density at radius 2 is 2.20 bits per heavy atom. The Bertz CT molecular complexity index is 563. The molecule has 1 atom stereocenters. The number of nitrogens with one attached hydrogen (secondary N) is 1. The van der Waals surface area contributed by atoms with E-state index in [0.717, 1.165) is 30.1 Å². The summed E-state index contributed by atoms with van der Waals surface area (Å²) < 4.78 is 7.23. The molecule has 0 aliphatic carbocycles. The standard InChI is InChI=1S/C16H23N3O/c1-5-9-17-12(2)16-11-18-19(13(16)3)14-7-6-8-15(10-14)20-4/h6-8,10-12,17H,5,9H2,1-4H3. The van der Waals surface area contributed by atoms with Gasteiger partial charge in [0.25, 0.3) is 0 Å². The van der Waals surface area contributed by atoms with Gasteiger partial charge in [0, 0.05) is 23.4 Å². The zero-order valence-electron chi connectivity index (χ0n) is 12.7. The number of hydrogen-bond acceptors (Lipinski definition) is 3. The Kier molecular flexibility index (Phi) is 4.79. The van der Waals surface area contributed by atoms with Gasteiger partial charge in [0.15, 0.2) is 0 Å². The summed E-state index contributed by atoms with van der Waals surface area (Å²) in [6.45, 7) is 7.47. The summed E-state index contributed by atoms with van der Waals surface area (Å²) in [5.41, 5.74) is 3.42.